The molecule has 0 nitrogen and oxygen atoms in total. The van der Waals surface area contributed by atoms with Crippen LogP contribution in [0.3, 0.4) is 0 Å². The van der Waals surface area contributed by atoms with Gasteiger partial charge in [0.15, 0.2) is 0 Å². The summed E-state index contributed by atoms with van der Waals surface area (Å²) < 4.78 is 5.04. The summed E-state index contributed by atoms with van der Waals surface area (Å²) in [6.45, 7) is 12.0. The van der Waals surface area contributed by atoms with E-state index in [1.807, 2.05) is 0 Å². The molecule has 4 aromatic rings. The zero-order valence-electron chi connectivity index (χ0n) is 24.6. The Labute approximate surface area is 266 Å². The molecule has 0 N–H and O–H groups in total. The van der Waals surface area contributed by atoms with Crippen LogP contribution in [0.1, 0.15) is 63.3 Å². The first kappa shape index (κ1) is 31.6. The van der Waals surface area contributed by atoms with E-state index in [9.17, 15) is 0 Å². The number of allylic oxidation sites excluding steroid dienone is 4. The van der Waals surface area contributed by atoms with Crippen LogP contribution in [0, 0.1) is 11.3 Å². The molecule has 0 heterocycles. The molecule has 1 unspecified atom stereocenters. The van der Waals surface area contributed by atoms with Crippen molar-refractivity contribution in [2.75, 3.05) is 0 Å². The second-order valence-corrected chi connectivity index (χ2v) is 17.7. The summed E-state index contributed by atoms with van der Waals surface area (Å²) in [4.78, 5) is 0. The van der Waals surface area contributed by atoms with Gasteiger partial charge < -0.3 is 24.8 Å². The smallest absolute Gasteiger partial charge is 1.00 e. The largest absolute Gasteiger partial charge is 1.00 e. The zero-order valence-corrected chi connectivity index (χ0v) is 28.6. The number of hydrogen-bond donors (Lipinski definition) is 0. The molecule has 41 heavy (non-hydrogen) atoms. The minimum Gasteiger partial charge on any atom is -1.00 e. The average Bonchev–Trinajstić information content (AvgIpc) is 3.50. The predicted molar refractivity (Wildman–Crippen MR) is 164 cm³/mol. The molecule has 208 valence electrons. The van der Waals surface area contributed by atoms with Crippen LogP contribution < -0.4 is 28.1 Å². The van der Waals surface area contributed by atoms with Gasteiger partial charge >= 0.3 is 244 Å². The molecule has 4 aromatic carbocycles. The molecule has 0 aromatic heterocycles. The molecular formula is C38H38Cl2Zr. The van der Waals surface area contributed by atoms with Crippen molar-refractivity contribution in [1.29, 1.82) is 0 Å². The third kappa shape index (κ3) is 5.84. The Kier molecular flexibility index (Phi) is 9.96. The van der Waals surface area contributed by atoms with Gasteiger partial charge in [-0.25, -0.2) is 0 Å². The van der Waals surface area contributed by atoms with Crippen LogP contribution in [-0.2, 0) is 27.7 Å². The van der Waals surface area contributed by atoms with Gasteiger partial charge in [-0.15, -0.1) is 0 Å². The van der Waals surface area contributed by atoms with Gasteiger partial charge in [0.1, 0.15) is 0 Å². The average molecular weight is 657 g/mol. The SMILES string of the molecule is CCC1=[C]([Zr+2](=[C](c2ccccc2)c2ccccc2)[c]2cccc3c2Cc2ccccc2-3)C(C)C=C1C(C)(C)C.[Cl-].[Cl-]. The molecule has 0 amide bonds. The van der Waals surface area contributed by atoms with Gasteiger partial charge in [0.2, 0.25) is 0 Å². The Morgan fingerprint density at radius 3 is 1.88 bits per heavy atom. The quantitative estimate of drug-likeness (QED) is 0.273. The third-order valence-electron chi connectivity index (χ3n) is 8.45. The van der Waals surface area contributed by atoms with Crippen LogP contribution in [-0.4, -0.2) is 3.21 Å². The predicted octanol–water partition coefficient (Wildman–Crippen LogP) is 3.06. The van der Waals surface area contributed by atoms with Crippen molar-refractivity contribution < 1.29 is 46.1 Å². The standard InChI is InChI=1S/C13H9.C13H10.C12H19.2ClH.Zr/c1-3-7-12-10(5-1)9-11-6-2-4-8-13(11)12;1-3-7-12(8-4-1)11-13-9-5-2-6-10-13;1-6-10-7-9(2)8-11(10)12(3,4)5;;;/h1-5,7-8H,9H2;1-10H;8-9H,6H2,1-5H3;2*1H;/q;;;;;+2/p-2. The van der Waals surface area contributed by atoms with Crippen LogP contribution in [0.5, 0.6) is 0 Å². The molecule has 0 aliphatic heterocycles. The summed E-state index contributed by atoms with van der Waals surface area (Å²) in [5.41, 5.74) is 12.1. The first-order chi connectivity index (χ1) is 18.9. The maximum Gasteiger partial charge on any atom is -1.00 e. The molecular weight excluding hydrogens is 619 g/mol. The van der Waals surface area contributed by atoms with E-state index >= 15 is 0 Å². The Bertz CT molecular complexity index is 1600. The Hall–Kier alpha value is -2.31. The van der Waals surface area contributed by atoms with Crippen molar-refractivity contribution in [1.82, 2.24) is 0 Å². The summed E-state index contributed by atoms with van der Waals surface area (Å²) in [5.74, 6) is 0.464. The van der Waals surface area contributed by atoms with Gasteiger partial charge in [-0.1, -0.05) is 0 Å². The van der Waals surface area contributed by atoms with Crippen molar-refractivity contribution >= 4 is 6.48 Å². The second-order valence-electron chi connectivity index (χ2n) is 12.0. The number of hydrogen-bond acceptors (Lipinski definition) is 0. The fourth-order valence-electron chi connectivity index (χ4n) is 6.79. The molecule has 0 fully saturated rings. The Morgan fingerprint density at radius 2 is 1.29 bits per heavy atom. The van der Waals surface area contributed by atoms with Gasteiger partial charge in [0.05, 0.1) is 0 Å². The zero-order chi connectivity index (χ0) is 27.1. The molecule has 0 saturated carbocycles. The van der Waals surface area contributed by atoms with Crippen LogP contribution in [0.4, 0.5) is 0 Å². The first-order valence-electron chi connectivity index (χ1n) is 14.4. The van der Waals surface area contributed by atoms with Crippen molar-refractivity contribution in [2.24, 2.45) is 11.3 Å². The fraction of sp³-hybridized carbons (Fsp3) is 0.237. The van der Waals surface area contributed by atoms with Gasteiger partial charge in [0, 0.05) is 0 Å². The van der Waals surface area contributed by atoms with E-state index in [-0.39, 0.29) is 30.2 Å². The van der Waals surface area contributed by atoms with Crippen molar-refractivity contribution in [2.45, 2.75) is 47.5 Å². The Morgan fingerprint density at radius 1 is 0.732 bits per heavy atom. The first-order valence-corrected chi connectivity index (χ1v) is 18.1. The van der Waals surface area contributed by atoms with Crippen LogP contribution in [0.2, 0.25) is 0 Å². The van der Waals surface area contributed by atoms with E-state index in [0.29, 0.717) is 5.92 Å². The number of halogens is 2. The minimum atomic E-state index is -2.74. The molecule has 6 rings (SSSR count). The fourth-order valence-corrected chi connectivity index (χ4v) is 15.8. The number of benzene rings is 4. The molecule has 0 radical (unpaired) electrons. The van der Waals surface area contributed by atoms with Gasteiger partial charge in [-0.05, 0) is 0 Å². The van der Waals surface area contributed by atoms with Crippen LogP contribution in [0.25, 0.3) is 11.1 Å². The van der Waals surface area contributed by atoms with E-state index < -0.39 is 21.3 Å². The summed E-state index contributed by atoms with van der Waals surface area (Å²) >= 11 is -2.74. The van der Waals surface area contributed by atoms with Crippen LogP contribution >= 0.6 is 0 Å². The summed E-state index contributed by atoms with van der Waals surface area (Å²) in [5, 5.41) is 0. The molecule has 0 saturated heterocycles. The maximum absolute atomic E-state index is 2.74. The van der Waals surface area contributed by atoms with Crippen molar-refractivity contribution in [3.63, 3.8) is 0 Å². The van der Waals surface area contributed by atoms with E-state index in [1.54, 1.807) is 26.5 Å². The summed E-state index contributed by atoms with van der Waals surface area (Å²) in [6.07, 6.45) is 4.75. The second kappa shape index (κ2) is 12.9. The number of rotatable bonds is 5. The molecule has 1 atom stereocenters. The van der Waals surface area contributed by atoms with E-state index in [4.69, 9.17) is 0 Å². The topological polar surface area (TPSA) is 0 Å². The van der Waals surface area contributed by atoms with E-state index in [0.717, 1.165) is 12.8 Å². The molecule has 3 heteroatoms. The normalized spacial score (nSPS) is 15.1. The monoisotopic (exact) mass is 654 g/mol. The molecule has 2 aliphatic rings. The summed E-state index contributed by atoms with van der Waals surface area (Å²) in [6, 6.07) is 38.8. The van der Waals surface area contributed by atoms with Crippen molar-refractivity contribution in [3.05, 3.63) is 146 Å². The van der Waals surface area contributed by atoms with E-state index in [2.05, 4.69) is 144 Å². The third-order valence-corrected chi connectivity index (χ3v) is 16.8. The molecule has 2 aliphatic carbocycles. The minimum absolute atomic E-state index is 0. The van der Waals surface area contributed by atoms with Gasteiger partial charge in [0.25, 0.3) is 0 Å². The van der Waals surface area contributed by atoms with Gasteiger partial charge in [-0.3, -0.25) is 0 Å². The number of fused-ring (bicyclic) bond motifs is 3. The van der Waals surface area contributed by atoms with Gasteiger partial charge in [-0.2, -0.15) is 0 Å². The van der Waals surface area contributed by atoms with Crippen LogP contribution in [0.15, 0.2) is 124 Å². The maximum atomic E-state index is 2.61. The van der Waals surface area contributed by atoms with Crippen molar-refractivity contribution in [3.8, 4) is 11.1 Å². The van der Waals surface area contributed by atoms with E-state index in [1.165, 1.54) is 27.8 Å². The molecule has 0 bridgehead atoms. The summed E-state index contributed by atoms with van der Waals surface area (Å²) in [7, 11) is 0. The molecule has 0 spiro atoms. The Balaban J connectivity index is 0.00000194.